The van der Waals surface area contributed by atoms with Gasteiger partial charge in [0.25, 0.3) is 0 Å². The van der Waals surface area contributed by atoms with E-state index in [1.165, 1.54) is 11.3 Å². The number of aromatic amines is 1. The van der Waals surface area contributed by atoms with Gasteiger partial charge in [0, 0.05) is 22.9 Å². The largest absolute Gasteiger partial charge is 0.497 e. The van der Waals surface area contributed by atoms with E-state index in [0.29, 0.717) is 4.47 Å². The van der Waals surface area contributed by atoms with Crippen molar-refractivity contribution in [2.45, 2.75) is 10.9 Å². The summed E-state index contributed by atoms with van der Waals surface area (Å²) in [5, 5.41) is 0.882. The normalized spacial score (nSPS) is 11.1. The average molecular weight is 312 g/mol. The predicted octanol–water partition coefficient (Wildman–Crippen LogP) is 3.97. The van der Waals surface area contributed by atoms with Gasteiger partial charge in [0.1, 0.15) is 5.75 Å². The van der Waals surface area contributed by atoms with Crippen LogP contribution in [0.4, 0.5) is 0 Å². The number of methoxy groups -OCH3 is 1. The van der Waals surface area contributed by atoms with Gasteiger partial charge in [0.15, 0.2) is 9.62 Å². The molecule has 2 heterocycles. The SMILES string of the molecule is COc1ccc2nc(SCc3cnc(Cl)s3)[nH]c2c1. The Labute approximate surface area is 123 Å². The molecular weight excluding hydrogens is 302 g/mol. The molecule has 0 bridgehead atoms. The molecule has 0 fully saturated rings. The minimum atomic E-state index is 0.574. The number of hydrogen-bond acceptors (Lipinski definition) is 5. The molecule has 1 aromatic carbocycles. The number of hydrogen-bond donors (Lipinski definition) is 1. The molecule has 4 nitrogen and oxygen atoms in total. The quantitative estimate of drug-likeness (QED) is 0.741. The van der Waals surface area contributed by atoms with Crippen molar-refractivity contribution >= 4 is 45.7 Å². The molecule has 0 spiro atoms. The van der Waals surface area contributed by atoms with Crippen LogP contribution < -0.4 is 4.74 Å². The summed E-state index contributed by atoms with van der Waals surface area (Å²) in [6, 6.07) is 5.79. The summed E-state index contributed by atoms with van der Waals surface area (Å²) in [6.45, 7) is 0. The minimum absolute atomic E-state index is 0.574. The molecule has 0 amide bonds. The molecule has 2 aromatic heterocycles. The number of H-pyrrole nitrogens is 1. The van der Waals surface area contributed by atoms with E-state index in [0.717, 1.165) is 32.6 Å². The smallest absolute Gasteiger partial charge is 0.183 e. The maximum absolute atomic E-state index is 5.80. The lowest BCUT2D eigenvalue weighted by molar-refractivity contribution is 0.415. The number of ether oxygens (including phenoxy) is 1. The zero-order valence-corrected chi connectivity index (χ0v) is 12.4. The van der Waals surface area contributed by atoms with Gasteiger partial charge in [-0.15, -0.1) is 11.3 Å². The Hall–Kier alpha value is -1.24. The summed E-state index contributed by atoms with van der Waals surface area (Å²) in [5.74, 6) is 1.63. The maximum Gasteiger partial charge on any atom is 0.183 e. The first kappa shape index (κ1) is 12.8. The average Bonchev–Trinajstić information content (AvgIpc) is 3.01. The number of imidazole rings is 1. The summed E-state index contributed by atoms with van der Waals surface area (Å²) >= 11 is 8.92. The molecule has 0 aliphatic carbocycles. The number of halogens is 1. The van der Waals surface area contributed by atoms with Crippen LogP contribution in [0.25, 0.3) is 11.0 Å². The number of fused-ring (bicyclic) bond motifs is 1. The molecule has 98 valence electrons. The molecule has 0 saturated carbocycles. The van der Waals surface area contributed by atoms with Crippen LogP contribution in [0.15, 0.2) is 29.6 Å². The van der Waals surface area contributed by atoms with Crippen molar-refractivity contribution in [3.63, 3.8) is 0 Å². The van der Waals surface area contributed by atoms with Crippen LogP contribution in [-0.4, -0.2) is 22.1 Å². The van der Waals surface area contributed by atoms with E-state index in [9.17, 15) is 0 Å². The van der Waals surface area contributed by atoms with Crippen molar-refractivity contribution in [2.75, 3.05) is 7.11 Å². The molecule has 0 radical (unpaired) electrons. The Bertz CT molecular complexity index is 710. The Morgan fingerprint density at radius 3 is 3.11 bits per heavy atom. The monoisotopic (exact) mass is 311 g/mol. The van der Waals surface area contributed by atoms with Crippen molar-refractivity contribution < 1.29 is 4.74 Å². The summed E-state index contributed by atoms with van der Waals surface area (Å²) in [6.07, 6.45) is 1.80. The fourth-order valence-electron chi connectivity index (χ4n) is 1.65. The first-order chi connectivity index (χ1) is 9.24. The standard InChI is InChI=1S/C12H10ClN3OS2/c1-17-7-2-3-9-10(4-7)16-12(15-9)18-6-8-5-14-11(13)19-8/h2-5H,6H2,1H3,(H,15,16). The van der Waals surface area contributed by atoms with Crippen molar-refractivity contribution in [3.05, 3.63) is 33.7 Å². The lowest BCUT2D eigenvalue weighted by Crippen LogP contribution is -1.81. The number of thiazole rings is 1. The lowest BCUT2D eigenvalue weighted by atomic mass is 10.3. The Morgan fingerprint density at radius 2 is 2.37 bits per heavy atom. The van der Waals surface area contributed by atoms with Crippen LogP contribution in [0, 0.1) is 0 Å². The minimum Gasteiger partial charge on any atom is -0.497 e. The predicted molar refractivity (Wildman–Crippen MR) is 79.3 cm³/mol. The zero-order valence-electron chi connectivity index (χ0n) is 10.0. The Kier molecular flexibility index (Phi) is 3.63. The van der Waals surface area contributed by atoms with Gasteiger partial charge in [-0.1, -0.05) is 23.4 Å². The molecule has 0 aliphatic heterocycles. The second kappa shape index (κ2) is 5.40. The van der Waals surface area contributed by atoms with Gasteiger partial charge < -0.3 is 9.72 Å². The fraction of sp³-hybridized carbons (Fsp3) is 0.167. The number of rotatable bonds is 4. The summed E-state index contributed by atoms with van der Waals surface area (Å²) in [5.41, 5.74) is 1.91. The third-order valence-corrected chi connectivity index (χ3v) is 4.76. The van der Waals surface area contributed by atoms with Crippen LogP contribution in [0.1, 0.15) is 4.88 Å². The van der Waals surface area contributed by atoms with Gasteiger partial charge in [-0.05, 0) is 12.1 Å². The van der Waals surface area contributed by atoms with Crippen LogP contribution in [0.2, 0.25) is 4.47 Å². The Balaban J connectivity index is 1.77. The highest BCUT2D eigenvalue weighted by Gasteiger charge is 2.06. The van der Waals surface area contributed by atoms with E-state index < -0.39 is 0 Å². The summed E-state index contributed by atoms with van der Waals surface area (Å²) in [7, 11) is 1.65. The van der Waals surface area contributed by atoms with E-state index >= 15 is 0 Å². The molecule has 0 unspecified atom stereocenters. The molecule has 3 aromatic rings. The number of benzene rings is 1. The van der Waals surface area contributed by atoms with Gasteiger partial charge in [-0.25, -0.2) is 9.97 Å². The molecule has 0 aliphatic rings. The zero-order chi connectivity index (χ0) is 13.2. The fourth-order valence-corrected chi connectivity index (χ4v) is 3.53. The van der Waals surface area contributed by atoms with E-state index in [4.69, 9.17) is 16.3 Å². The highest BCUT2D eigenvalue weighted by atomic mass is 35.5. The van der Waals surface area contributed by atoms with Gasteiger partial charge >= 0.3 is 0 Å². The van der Waals surface area contributed by atoms with Gasteiger partial charge in [-0.3, -0.25) is 0 Å². The topological polar surface area (TPSA) is 50.8 Å². The second-order valence-corrected chi connectivity index (χ2v) is 6.45. The number of nitrogens with zero attached hydrogens (tertiary/aromatic N) is 2. The first-order valence-electron chi connectivity index (χ1n) is 5.51. The van der Waals surface area contributed by atoms with E-state index in [-0.39, 0.29) is 0 Å². The lowest BCUT2D eigenvalue weighted by Gasteiger charge is -1.96. The molecule has 0 saturated heterocycles. The second-order valence-electron chi connectivity index (χ2n) is 3.79. The molecule has 7 heteroatoms. The molecule has 3 rings (SSSR count). The van der Waals surface area contributed by atoms with Crippen LogP contribution in [0.3, 0.4) is 0 Å². The van der Waals surface area contributed by atoms with E-state index in [2.05, 4.69) is 15.0 Å². The highest BCUT2D eigenvalue weighted by Crippen LogP contribution is 2.28. The third-order valence-electron chi connectivity index (χ3n) is 2.54. The number of nitrogens with one attached hydrogen (secondary N) is 1. The van der Waals surface area contributed by atoms with Crippen molar-refractivity contribution in [1.29, 1.82) is 0 Å². The highest BCUT2D eigenvalue weighted by molar-refractivity contribution is 7.98. The molecule has 19 heavy (non-hydrogen) atoms. The maximum atomic E-state index is 5.80. The third kappa shape index (κ3) is 2.86. The van der Waals surface area contributed by atoms with E-state index in [1.807, 2.05) is 18.2 Å². The van der Waals surface area contributed by atoms with E-state index in [1.54, 1.807) is 25.1 Å². The number of aromatic nitrogens is 3. The molecular formula is C12H10ClN3OS2. The molecule has 1 N–H and O–H groups in total. The first-order valence-corrected chi connectivity index (χ1v) is 7.69. The summed E-state index contributed by atoms with van der Waals surface area (Å²) in [4.78, 5) is 12.9. The van der Waals surface area contributed by atoms with Crippen LogP contribution in [-0.2, 0) is 5.75 Å². The van der Waals surface area contributed by atoms with Crippen molar-refractivity contribution in [3.8, 4) is 5.75 Å². The van der Waals surface area contributed by atoms with Crippen LogP contribution in [0.5, 0.6) is 5.75 Å². The Morgan fingerprint density at radius 1 is 1.47 bits per heavy atom. The van der Waals surface area contributed by atoms with Crippen molar-refractivity contribution in [1.82, 2.24) is 15.0 Å². The van der Waals surface area contributed by atoms with Crippen LogP contribution >= 0.6 is 34.7 Å². The van der Waals surface area contributed by atoms with Gasteiger partial charge in [0.2, 0.25) is 0 Å². The molecule has 0 atom stereocenters. The summed E-state index contributed by atoms with van der Waals surface area (Å²) < 4.78 is 5.76. The van der Waals surface area contributed by atoms with Gasteiger partial charge in [0.05, 0.1) is 18.1 Å². The van der Waals surface area contributed by atoms with Crippen molar-refractivity contribution in [2.24, 2.45) is 0 Å². The van der Waals surface area contributed by atoms with Gasteiger partial charge in [-0.2, -0.15) is 0 Å². The number of thioether (sulfide) groups is 1.